The minimum Gasteiger partial charge on any atom is -0.463 e. The molecule has 2 aliphatic heterocycles. The predicted molar refractivity (Wildman–Crippen MR) is 130 cm³/mol. The number of rotatable bonds is 5. The van der Waals surface area contributed by atoms with E-state index in [1.807, 2.05) is 62.9 Å². The van der Waals surface area contributed by atoms with Crippen LogP contribution in [0.1, 0.15) is 46.2 Å². The van der Waals surface area contributed by atoms with Crippen LogP contribution in [0.15, 0.2) is 41.6 Å². The SMILES string of the molecule is CCOC(=O)C1=C(CN2CCN(C(=O)NC(C)(C)C)[C@@H](C)C2)N(C)C(=O)N[C@H]1c1ccccc1. The summed E-state index contributed by atoms with van der Waals surface area (Å²) in [4.78, 5) is 44.1. The number of esters is 1. The molecule has 34 heavy (non-hydrogen) atoms. The van der Waals surface area contributed by atoms with E-state index in [0.717, 1.165) is 5.56 Å². The van der Waals surface area contributed by atoms with E-state index in [1.54, 1.807) is 14.0 Å². The van der Waals surface area contributed by atoms with E-state index in [9.17, 15) is 14.4 Å². The standard InChI is InChI=1S/C25H37N5O4/c1-7-34-22(31)20-19(28(6)23(32)26-21(20)18-11-9-8-10-12-18)16-29-13-14-30(17(2)15-29)24(33)27-25(3,4)5/h8-12,17,21H,7,13-16H2,1-6H3,(H,26,32)(H,27,33)/t17-,21-/m0/s1. The molecule has 2 N–H and O–H groups in total. The van der Waals surface area contributed by atoms with Gasteiger partial charge in [0.15, 0.2) is 0 Å². The quantitative estimate of drug-likeness (QED) is 0.644. The first-order chi connectivity index (χ1) is 16.0. The number of hydrogen-bond acceptors (Lipinski definition) is 5. The van der Waals surface area contributed by atoms with E-state index in [0.29, 0.717) is 37.4 Å². The molecule has 4 amide bonds. The van der Waals surface area contributed by atoms with Crippen molar-refractivity contribution in [3.8, 4) is 0 Å². The Morgan fingerprint density at radius 1 is 1.18 bits per heavy atom. The zero-order valence-corrected chi connectivity index (χ0v) is 21.1. The Hall–Kier alpha value is -3.07. The van der Waals surface area contributed by atoms with Gasteiger partial charge in [0, 0.05) is 50.5 Å². The molecule has 0 saturated carbocycles. The normalized spacial score (nSPS) is 21.9. The maximum absolute atomic E-state index is 13.1. The molecule has 0 spiro atoms. The molecule has 0 bridgehead atoms. The molecule has 1 aromatic carbocycles. The molecular weight excluding hydrogens is 434 g/mol. The molecular formula is C25H37N5O4. The van der Waals surface area contributed by atoms with Crippen LogP contribution in [0.5, 0.6) is 0 Å². The van der Waals surface area contributed by atoms with Crippen LogP contribution in [0, 0.1) is 0 Å². The van der Waals surface area contributed by atoms with Crippen molar-refractivity contribution in [2.45, 2.75) is 52.2 Å². The number of carbonyl (C=O) groups is 3. The molecule has 186 valence electrons. The fourth-order valence-electron chi connectivity index (χ4n) is 4.38. The van der Waals surface area contributed by atoms with Gasteiger partial charge >= 0.3 is 18.0 Å². The van der Waals surface area contributed by atoms with Gasteiger partial charge < -0.3 is 20.3 Å². The molecule has 0 radical (unpaired) electrons. The largest absolute Gasteiger partial charge is 0.463 e. The van der Waals surface area contributed by atoms with Crippen molar-refractivity contribution >= 4 is 18.0 Å². The van der Waals surface area contributed by atoms with Gasteiger partial charge in [0.25, 0.3) is 0 Å². The molecule has 1 aromatic rings. The lowest BCUT2D eigenvalue weighted by atomic mass is 9.94. The van der Waals surface area contributed by atoms with Crippen molar-refractivity contribution in [1.29, 1.82) is 0 Å². The maximum Gasteiger partial charge on any atom is 0.338 e. The topological polar surface area (TPSA) is 94.2 Å². The van der Waals surface area contributed by atoms with Crippen LogP contribution in [0.25, 0.3) is 0 Å². The summed E-state index contributed by atoms with van der Waals surface area (Å²) < 4.78 is 5.40. The van der Waals surface area contributed by atoms with Crippen molar-refractivity contribution in [3.63, 3.8) is 0 Å². The number of piperazine rings is 1. The van der Waals surface area contributed by atoms with Crippen LogP contribution in [0.2, 0.25) is 0 Å². The highest BCUT2D eigenvalue weighted by molar-refractivity contribution is 5.95. The number of likely N-dealkylation sites (N-methyl/N-ethyl adjacent to an activating group) is 1. The van der Waals surface area contributed by atoms with Crippen LogP contribution >= 0.6 is 0 Å². The van der Waals surface area contributed by atoms with Gasteiger partial charge in [-0.25, -0.2) is 14.4 Å². The zero-order valence-electron chi connectivity index (χ0n) is 21.1. The van der Waals surface area contributed by atoms with Crippen LogP contribution < -0.4 is 10.6 Å². The molecule has 2 heterocycles. The summed E-state index contributed by atoms with van der Waals surface area (Å²) >= 11 is 0. The summed E-state index contributed by atoms with van der Waals surface area (Å²) in [5, 5.41) is 5.97. The second-order valence-electron chi connectivity index (χ2n) is 9.89. The van der Waals surface area contributed by atoms with Crippen molar-refractivity contribution in [1.82, 2.24) is 25.3 Å². The van der Waals surface area contributed by atoms with Crippen molar-refractivity contribution in [2.75, 3.05) is 39.8 Å². The zero-order chi connectivity index (χ0) is 25.0. The van der Waals surface area contributed by atoms with Crippen molar-refractivity contribution < 1.29 is 19.1 Å². The number of nitrogens with zero attached hydrogens (tertiary/aromatic N) is 3. The summed E-state index contributed by atoms with van der Waals surface area (Å²) in [6.07, 6.45) is 0. The maximum atomic E-state index is 13.1. The molecule has 0 unspecified atom stereocenters. The van der Waals surface area contributed by atoms with Gasteiger partial charge in [0.1, 0.15) is 0 Å². The fraction of sp³-hybridized carbons (Fsp3) is 0.560. The average Bonchev–Trinajstić information content (AvgIpc) is 2.76. The predicted octanol–water partition coefficient (Wildman–Crippen LogP) is 2.71. The molecule has 9 nitrogen and oxygen atoms in total. The number of ether oxygens (including phenoxy) is 1. The van der Waals surface area contributed by atoms with E-state index in [1.165, 1.54) is 4.90 Å². The molecule has 2 atom stereocenters. The van der Waals surface area contributed by atoms with Gasteiger partial charge in [-0.15, -0.1) is 0 Å². The highest BCUT2D eigenvalue weighted by atomic mass is 16.5. The summed E-state index contributed by atoms with van der Waals surface area (Å²) in [6, 6.07) is 8.48. The highest BCUT2D eigenvalue weighted by Gasteiger charge is 2.38. The fourth-order valence-corrected chi connectivity index (χ4v) is 4.38. The molecule has 1 saturated heterocycles. The monoisotopic (exact) mass is 471 g/mol. The van der Waals surface area contributed by atoms with Gasteiger partial charge in [-0.3, -0.25) is 9.80 Å². The number of urea groups is 2. The molecule has 0 aliphatic carbocycles. The Morgan fingerprint density at radius 2 is 1.85 bits per heavy atom. The summed E-state index contributed by atoms with van der Waals surface area (Å²) in [5.74, 6) is -0.436. The van der Waals surface area contributed by atoms with Gasteiger partial charge in [-0.05, 0) is 40.2 Å². The molecule has 3 rings (SSSR count). The number of benzene rings is 1. The molecule has 2 aliphatic rings. The first-order valence-corrected chi connectivity index (χ1v) is 11.8. The Balaban J connectivity index is 1.87. The van der Waals surface area contributed by atoms with E-state index in [-0.39, 0.29) is 30.2 Å². The summed E-state index contributed by atoms with van der Waals surface area (Å²) in [5.41, 5.74) is 1.57. The Bertz CT molecular complexity index is 940. The van der Waals surface area contributed by atoms with Gasteiger partial charge in [-0.1, -0.05) is 30.3 Å². The van der Waals surface area contributed by atoms with Crippen molar-refractivity contribution in [3.05, 3.63) is 47.2 Å². The molecule has 1 fully saturated rings. The minimum absolute atomic E-state index is 0.0182. The lowest BCUT2D eigenvalue weighted by Crippen LogP contribution is -2.59. The van der Waals surface area contributed by atoms with E-state index >= 15 is 0 Å². The second kappa shape index (κ2) is 10.5. The Labute approximate surface area is 202 Å². The molecule has 0 aromatic heterocycles. The van der Waals surface area contributed by atoms with Gasteiger partial charge in [-0.2, -0.15) is 0 Å². The summed E-state index contributed by atoms with van der Waals surface area (Å²) in [7, 11) is 1.67. The Kier molecular flexibility index (Phi) is 7.86. The minimum atomic E-state index is -0.588. The number of nitrogens with one attached hydrogen (secondary N) is 2. The van der Waals surface area contributed by atoms with Crippen LogP contribution in [0.3, 0.4) is 0 Å². The third kappa shape index (κ3) is 5.88. The lowest BCUT2D eigenvalue weighted by Gasteiger charge is -2.43. The first-order valence-electron chi connectivity index (χ1n) is 11.8. The number of amides is 4. The second-order valence-corrected chi connectivity index (χ2v) is 9.89. The van der Waals surface area contributed by atoms with Gasteiger partial charge in [0.2, 0.25) is 0 Å². The van der Waals surface area contributed by atoms with Gasteiger partial charge in [0.05, 0.1) is 18.2 Å². The lowest BCUT2D eigenvalue weighted by molar-refractivity contribution is -0.139. The van der Waals surface area contributed by atoms with E-state index in [4.69, 9.17) is 4.74 Å². The first kappa shape index (κ1) is 25.6. The van der Waals surface area contributed by atoms with Crippen LogP contribution in [0.4, 0.5) is 9.59 Å². The van der Waals surface area contributed by atoms with Crippen LogP contribution in [-0.4, -0.2) is 84.1 Å². The smallest absolute Gasteiger partial charge is 0.338 e. The average molecular weight is 472 g/mol. The van der Waals surface area contributed by atoms with E-state index < -0.39 is 12.0 Å². The van der Waals surface area contributed by atoms with Crippen LogP contribution in [-0.2, 0) is 9.53 Å². The highest BCUT2D eigenvalue weighted by Crippen LogP contribution is 2.31. The molecule has 9 heteroatoms. The third-order valence-corrected chi connectivity index (χ3v) is 6.03. The number of hydrogen-bond donors (Lipinski definition) is 2. The van der Waals surface area contributed by atoms with Crippen molar-refractivity contribution in [2.24, 2.45) is 0 Å². The van der Waals surface area contributed by atoms with E-state index in [2.05, 4.69) is 15.5 Å². The third-order valence-electron chi connectivity index (χ3n) is 6.03. The number of carbonyl (C=O) groups excluding carboxylic acids is 3. The summed E-state index contributed by atoms with van der Waals surface area (Å²) in [6.45, 7) is 12.1. The Morgan fingerprint density at radius 3 is 2.44 bits per heavy atom.